The second-order valence-corrected chi connectivity index (χ2v) is 9.99. The number of primary sulfonamides is 1. The van der Waals surface area contributed by atoms with E-state index in [0.29, 0.717) is 11.3 Å². The van der Waals surface area contributed by atoms with Gasteiger partial charge in [-0.25, -0.2) is 23.5 Å². The van der Waals surface area contributed by atoms with Crippen LogP contribution in [0.1, 0.15) is 18.2 Å². The minimum absolute atomic E-state index is 0.0737. The van der Waals surface area contributed by atoms with Crippen LogP contribution in [0.5, 0.6) is 0 Å². The molecule has 0 amide bonds. The summed E-state index contributed by atoms with van der Waals surface area (Å²) in [5, 5.41) is 9.15. The van der Waals surface area contributed by atoms with Crippen molar-refractivity contribution in [3.05, 3.63) is 59.1 Å². The van der Waals surface area contributed by atoms with Crippen molar-refractivity contribution in [2.24, 2.45) is 5.14 Å². The fourth-order valence-corrected chi connectivity index (χ4v) is 5.46. The number of thiazole rings is 1. The van der Waals surface area contributed by atoms with E-state index in [0.717, 1.165) is 33.5 Å². The molecule has 4 rings (SSSR count). The van der Waals surface area contributed by atoms with Crippen molar-refractivity contribution in [1.82, 2.24) is 14.5 Å². The van der Waals surface area contributed by atoms with Crippen LogP contribution >= 0.6 is 23.1 Å². The lowest BCUT2D eigenvalue weighted by Crippen LogP contribution is -2.11. The zero-order valence-corrected chi connectivity index (χ0v) is 18.4. The lowest BCUT2D eigenvalue weighted by molar-refractivity contribution is 0.598. The van der Waals surface area contributed by atoms with Gasteiger partial charge >= 0.3 is 0 Å². The Kier molecular flexibility index (Phi) is 5.48. The van der Waals surface area contributed by atoms with Gasteiger partial charge in [-0.15, -0.1) is 11.3 Å². The summed E-state index contributed by atoms with van der Waals surface area (Å²) in [6, 6.07) is 13.2. The molecule has 0 saturated heterocycles. The largest absolute Gasteiger partial charge is 0.319 e. The highest BCUT2D eigenvalue weighted by Crippen LogP contribution is 2.30. The molecule has 0 radical (unpaired) electrons. The van der Waals surface area contributed by atoms with Crippen molar-refractivity contribution in [3.8, 4) is 10.6 Å². The van der Waals surface area contributed by atoms with Gasteiger partial charge in [-0.05, 0) is 32.0 Å². The smallest absolute Gasteiger partial charge is 0.238 e. The molecule has 0 atom stereocenters. The second-order valence-electron chi connectivity index (χ2n) is 6.63. The van der Waals surface area contributed by atoms with E-state index >= 15 is 0 Å². The van der Waals surface area contributed by atoms with Gasteiger partial charge in [0, 0.05) is 23.2 Å². The number of sulfonamides is 1. The van der Waals surface area contributed by atoms with Crippen molar-refractivity contribution in [1.29, 1.82) is 0 Å². The van der Waals surface area contributed by atoms with Gasteiger partial charge in [0.05, 0.1) is 21.6 Å². The first-order valence-electron chi connectivity index (χ1n) is 9.02. The molecule has 150 valence electrons. The van der Waals surface area contributed by atoms with Gasteiger partial charge in [0.2, 0.25) is 10.0 Å². The van der Waals surface area contributed by atoms with E-state index in [9.17, 15) is 8.42 Å². The maximum absolute atomic E-state index is 11.6. The summed E-state index contributed by atoms with van der Waals surface area (Å²) in [6.45, 7) is 4.84. The lowest BCUT2D eigenvalue weighted by atomic mass is 10.2. The molecular formula is C20H20N4O2S3. The molecule has 2 aromatic heterocycles. The highest BCUT2D eigenvalue weighted by molar-refractivity contribution is 7.98. The van der Waals surface area contributed by atoms with Gasteiger partial charge < -0.3 is 4.57 Å². The van der Waals surface area contributed by atoms with Crippen LogP contribution in [-0.2, 0) is 22.3 Å². The summed E-state index contributed by atoms with van der Waals surface area (Å²) >= 11 is 3.22. The van der Waals surface area contributed by atoms with Crippen LogP contribution in [0, 0.1) is 6.92 Å². The summed E-state index contributed by atoms with van der Waals surface area (Å²) in [5.41, 5.74) is 4.86. The van der Waals surface area contributed by atoms with Crippen LogP contribution in [0.15, 0.2) is 57.9 Å². The Bertz CT molecular complexity index is 1280. The van der Waals surface area contributed by atoms with Crippen molar-refractivity contribution in [2.45, 2.75) is 36.2 Å². The quantitative estimate of drug-likeness (QED) is 0.444. The normalized spacial score (nSPS) is 12.0. The molecule has 0 unspecified atom stereocenters. The monoisotopic (exact) mass is 444 g/mol. The van der Waals surface area contributed by atoms with Crippen molar-refractivity contribution >= 4 is 44.2 Å². The van der Waals surface area contributed by atoms with Gasteiger partial charge in [0.15, 0.2) is 5.16 Å². The Morgan fingerprint density at radius 2 is 1.90 bits per heavy atom. The molecule has 29 heavy (non-hydrogen) atoms. The van der Waals surface area contributed by atoms with E-state index in [4.69, 9.17) is 10.1 Å². The van der Waals surface area contributed by atoms with Gasteiger partial charge in [0.1, 0.15) is 5.01 Å². The van der Waals surface area contributed by atoms with E-state index in [-0.39, 0.29) is 4.90 Å². The van der Waals surface area contributed by atoms with Gasteiger partial charge in [-0.1, -0.05) is 41.6 Å². The van der Waals surface area contributed by atoms with Crippen LogP contribution in [-0.4, -0.2) is 23.0 Å². The zero-order chi connectivity index (χ0) is 20.6. The second kappa shape index (κ2) is 7.91. The van der Waals surface area contributed by atoms with Crippen molar-refractivity contribution < 1.29 is 8.42 Å². The Morgan fingerprint density at radius 3 is 2.59 bits per heavy atom. The first-order valence-corrected chi connectivity index (χ1v) is 12.4. The molecule has 0 fully saturated rings. The molecule has 2 heterocycles. The number of hydrogen-bond acceptors (Lipinski definition) is 6. The molecule has 2 aromatic carbocycles. The predicted octanol–water partition coefficient (Wildman–Crippen LogP) is 4.43. The van der Waals surface area contributed by atoms with Crippen LogP contribution in [0.25, 0.3) is 21.6 Å². The van der Waals surface area contributed by atoms with Crippen LogP contribution in [0.4, 0.5) is 0 Å². The zero-order valence-electron chi connectivity index (χ0n) is 16.0. The first-order chi connectivity index (χ1) is 13.8. The molecule has 0 spiro atoms. The summed E-state index contributed by atoms with van der Waals surface area (Å²) in [6.07, 6.45) is 0. The molecule has 6 nitrogen and oxygen atoms in total. The third-order valence-corrected chi connectivity index (χ3v) is 7.39. The third-order valence-electron chi connectivity index (χ3n) is 4.53. The number of nitrogens with zero attached hydrogens (tertiary/aromatic N) is 3. The number of aryl methyl sites for hydroxylation is 2. The van der Waals surface area contributed by atoms with E-state index in [2.05, 4.69) is 46.1 Å². The minimum Gasteiger partial charge on any atom is -0.319 e. The standard InChI is InChI=1S/C20H20N4O2S3/c1-3-24-18-9-8-16(29(21,25)26)10-17(18)23-20(24)28-12-15-11-27-19(22-15)14-6-4-13(2)5-7-14/h4-11H,3,12H2,1-2H3,(H2,21,25,26). The molecule has 2 N–H and O–H groups in total. The number of benzene rings is 2. The number of thioether (sulfide) groups is 1. The highest BCUT2D eigenvalue weighted by Gasteiger charge is 2.15. The Balaban J connectivity index is 1.57. The van der Waals surface area contributed by atoms with Crippen LogP contribution < -0.4 is 5.14 Å². The topological polar surface area (TPSA) is 90.9 Å². The van der Waals surface area contributed by atoms with Gasteiger partial charge in [-0.2, -0.15) is 0 Å². The van der Waals surface area contributed by atoms with Crippen LogP contribution in [0.2, 0.25) is 0 Å². The molecule has 0 aliphatic carbocycles. The average molecular weight is 445 g/mol. The maximum Gasteiger partial charge on any atom is 0.238 e. The van der Waals surface area contributed by atoms with Crippen molar-refractivity contribution in [3.63, 3.8) is 0 Å². The fourth-order valence-electron chi connectivity index (χ4n) is 3.02. The molecule has 4 aromatic rings. The van der Waals surface area contributed by atoms with E-state index in [1.807, 2.05) is 6.92 Å². The number of nitrogens with two attached hydrogens (primary N) is 1. The molecule has 9 heteroatoms. The summed E-state index contributed by atoms with van der Waals surface area (Å²) in [5.74, 6) is 0.688. The molecule has 0 saturated carbocycles. The van der Waals surface area contributed by atoms with E-state index < -0.39 is 10.0 Å². The van der Waals surface area contributed by atoms with Gasteiger partial charge in [0.25, 0.3) is 0 Å². The lowest BCUT2D eigenvalue weighted by Gasteiger charge is -2.05. The van der Waals surface area contributed by atoms with E-state index in [1.54, 1.807) is 29.2 Å². The van der Waals surface area contributed by atoms with Crippen molar-refractivity contribution in [2.75, 3.05) is 0 Å². The fraction of sp³-hybridized carbons (Fsp3) is 0.200. The summed E-state index contributed by atoms with van der Waals surface area (Å²) in [4.78, 5) is 9.45. The minimum atomic E-state index is -3.75. The summed E-state index contributed by atoms with van der Waals surface area (Å²) < 4.78 is 25.3. The number of rotatable bonds is 6. The summed E-state index contributed by atoms with van der Waals surface area (Å²) in [7, 11) is -3.75. The number of aromatic nitrogens is 3. The Labute approximate surface area is 177 Å². The number of imidazole rings is 1. The number of fused-ring (bicyclic) bond motifs is 1. The Hall–Kier alpha value is -2.20. The van der Waals surface area contributed by atoms with Gasteiger partial charge in [-0.3, -0.25) is 0 Å². The molecule has 0 aliphatic heterocycles. The maximum atomic E-state index is 11.6. The van der Waals surface area contributed by atoms with Crippen LogP contribution in [0.3, 0.4) is 0 Å². The molecular weight excluding hydrogens is 424 g/mol. The number of hydrogen-bond donors (Lipinski definition) is 1. The third kappa shape index (κ3) is 4.23. The highest BCUT2D eigenvalue weighted by atomic mass is 32.2. The predicted molar refractivity (Wildman–Crippen MR) is 119 cm³/mol. The first kappa shape index (κ1) is 20.1. The average Bonchev–Trinajstić information content (AvgIpc) is 3.29. The molecule has 0 bridgehead atoms. The SMILES string of the molecule is CCn1c(SCc2csc(-c3ccc(C)cc3)n2)nc2cc(S(N)(=O)=O)ccc21. The van der Waals surface area contributed by atoms with E-state index in [1.165, 1.54) is 17.7 Å². The molecule has 0 aliphatic rings. The Morgan fingerprint density at radius 1 is 1.14 bits per heavy atom.